The fraction of sp³-hybridized carbons (Fsp3) is 0.333. The summed E-state index contributed by atoms with van der Waals surface area (Å²) in [5.74, 6) is -1.01. The van der Waals surface area contributed by atoms with Gasteiger partial charge in [0.2, 0.25) is 0 Å². The van der Waals surface area contributed by atoms with Crippen molar-refractivity contribution in [2.24, 2.45) is 0 Å². The molecule has 0 heterocycles. The Morgan fingerprint density at radius 3 is 2.63 bits per heavy atom. The van der Waals surface area contributed by atoms with E-state index >= 15 is 0 Å². The molecule has 0 unspecified atom stereocenters. The molecule has 0 atom stereocenters. The molecule has 1 rings (SSSR count). The van der Waals surface area contributed by atoms with Crippen LogP contribution in [0, 0.1) is 21.4 Å². The third kappa shape index (κ3) is 3.42. The Balaban J connectivity index is 3.23. The Kier molecular flexibility index (Phi) is 4.42. The number of carboxylic acids is 1. The van der Waals surface area contributed by atoms with Crippen molar-refractivity contribution < 1.29 is 14.8 Å². The van der Waals surface area contributed by atoms with Crippen molar-refractivity contribution >= 4 is 17.3 Å². The van der Waals surface area contributed by atoms with E-state index in [1.165, 1.54) is 18.2 Å². The maximum atomic E-state index is 10.8. The van der Waals surface area contributed by atoms with Crippen molar-refractivity contribution in [1.29, 1.82) is 5.26 Å². The first-order valence-corrected chi connectivity index (χ1v) is 5.53. The number of hydrogen-bond acceptors (Lipinski definition) is 5. The molecule has 0 bridgehead atoms. The summed E-state index contributed by atoms with van der Waals surface area (Å²) >= 11 is 0. The SMILES string of the molecule is CC(C)N(CC(=O)O)c1ccc([N+](=O)[O-])c(C#N)c1. The average molecular weight is 263 g/mol. The Morgan fingerprint density at radius 2 is 2.21 bits per heavy atom. The lowest BCUT2D eigenvalue weighted by molar-refractivity contribution is -0.385. The molecule has 1 aromatic carbocycles. The molecule has 7 nitrogen and oxygen atoms in total. The number of nitro benzene ring substituents is 1. The van der Waals surface area contributed by atoms with Crippen LogP contribution in [0.1, 0.15) is 19.4 Å². The summed E-state index contributed by atoms with van der Waals surface area (Å²) in [7, 11) is 0. The van der Waals surface area contributed by atoms with Crippen LogP contribution in [0.5, 0.6) is 0 Å². The van der Waals surface area contributed by atoms with Gasteiger partial charge in [-0.25, -0.2) is 0 Å². The lowest BCUT2D eigenvalue weighted by atomic mass is 10.1. The Bertz CT molecular complexity index is 548. The first kappa shape index (κ1) is 14.4. The molecular weight excluding hydrogens is 250 g/mol. The zero-order valence-corrected chi connectivity index (χ0v) is 10.5. The summed E-state index contributed by atoms with van der Waals surface area (Å²) in [5.41, 5.74) is 0.100. The molecule has 0 saturated heterocycles. The fourth-order valence-electron chi connectivity index (χ4n) is 1.67. The molecule has 7 heteroatoms. The maximum absolute atomic E-state index is 10.8. The van der Waals surface area contributed by atoms with Gasteiger partial charge in [-0.2, -0.15) is 5.26 Å². The van der Waals surface area contributed by atoms with Crippen LogP contribution in [0.25, 0.3) is 0 Å². The molecule has 1 aromatic rings. The second kappa shape index (κ2) is 5.82. The maximum Gasteiger partial charge on any atom is 0.323 e. The van der Waals surface area contributed by atoms with Gasteiger partial charge in [0.1, 0.15) is 18.2 Å². The minimum Gasteiger partial charge on any atom is -0.480 e. The number of carbonyl (C=O) groups is 1. The van der Waals surface area contributed by atoms with Crippen LogP contribution >= 0.6 is 0 Å². The fourth-order valence-corrected chi connectivity index (χ4v) is 1.67. The van der Waals surface area contributed by atoms with Crippen LogP contribution in [0.15, 0.2) is 18.2 Å². The number of nitriles is 1. The second-order valence-electron chi connectivity index (χ2n) is 4.19. The van der Waals surface area contributed by atoms with E-state index in [4.69, 9.17) is 10.4 Å². The van der Waals surface area contributed by atoms with E-state index < -0.39 is 10.9 Å². The predicted molar refractivity (Wildman–Crippen MR) is 67.9 cm³/mol. The van der Waals surface area contributed by atoms with E-state index in [-0.39, 0.29) is 23.8 Å². The van der Waals surface area contributed by atoms with Gasteiger partial charge in [-0.05, 0) is 26.0 Å². The Morgan fingerprint density at radius 1 is 1.58 bits per heavy atom. The molecule has 19 heavy (non-hydrogen) atoms. The predicted octanol–water partition coefficient (Wildman–Crippen LogP) is 1.77. The quantitative estimate of drug-likeness (QED) is 0.640. The summed E-state index contributed by atoms with van der Waals surface area (Å²) in [5, 5.41) is 28.5. The molecule has 0 radical (unpaired) electrons. The number of hydrogen-bond donors (Lipinski definition) is 1. The van der Waals surface area contributed by atoms with Gasteiger partial charge >= 0.3 is 5.97 Å². The van der Waals surface area contributed by atoms with Crippen LogP contribution in [0.2, 0.25) is 0 Å². The number of aliphatic carboxylic acids is 1. The first-order valence-electron chi connectivity index (χ1n) is 5.53. The summed E-state index contributed by atoms with van der Waals surface area (Å²) < 4.78 is 0. The number of nitro groups is 1. The third-order valence-corrected chi connectivity index (χ3v) is 2.56. The smallest absolute Gasteiger partial charge is 0.323 e. The standard InChI is InChI=1S/C12H13N3O4/c1-8(2)14(7-12(16)17)10-3-4-11(15(18)19)9(5-10)6-13/h3-5,8H,7H2,1-2H3,(H,16,17). The lowest BCUT2D eigenvalue weighted by Crippen LogP contribution is -2.35. The van der Waals surface area contributed by atoms with E-state index in [9.17, 15) is 14.9 Å². The summed E-state index contributed by atoms with van der Waals surface area (Å²) in [4.78, 5) is 22.4. The van der Waals surface area contributed by atoms with Crippen molar-refractivity contribution in [2.45, 2.75) is 19.9 Å². The molecular formula is C12H13N3O4. The van der Waals surface area contributed by atoms with E-state index in [0.717, 1.165) is 0 Å². The lowest BCUT2D eigenvalue weighted by Gasteiger charge is -2.27. The number of carboxylic acid groups (broad SMARTS) is 1. The molecule has 0 spiro atoms. The molecule has 0 fully saturated rings. The number of anilines is 1. The largest absolute Gasteiger partial charge is 0.480 e. The molecule has 0 amide bonds. The van der Waals surface area contributed by atoms with Gasteiger partial charge in [-0.15, -0.1) is 0 Å². The molecule has 0 aliphatic carbocycles. The van der Waals surface area contributed by atoms with Crippen molar-refractivity contribution in [3.63, 3.8) is 0 Å². The third-order valence-electron chi connectivity index (χ3n) is 2.56. The van der Waals surface area contributed by atoms with Crippen LogP contribution in [0.3, 0.4) is 0 Å². The van der Waals surface area contributed by atoms with Crippen molar-refractivity contribution in [1.82, 2.24) is 0 Å². The summed E-state index contributed by atoms with van der Waals surface area (Å²) in [6.07, 6.45) is 0. The van der Waals surface area contributed by atoms with Gasteiger partial charge in [0, 0.05) is 17.8 Å². The van der Waals surface area contributed by atoms with Crippen LogP contribution in [0.4, 0.5) is 11.4 Å². The monoisotopic (exact) mass is 263 g/mol. The Hall–Kier alpha value is -2.62. The first-order chi connectivity index (χ1) is 8.86. The van der Waals surface area contributed by atoms with E-state index in [1.807, 2.05) is 0 Å². The van der Waals surface area contributed by atoms with Gasteiger partial charge in [0.05, 0.1) is 4.92 Å². The normalized spacial score (nSPS) is 10.0. The number of rotatable bonds is 5. The van der Waals surface area contributed by atoms with Crippen molar-refractivity contribution in [2.75, 3.05) is 11.4 Å². The summed E-state index contributed by atoms with van der Waals surface area (Å²) in [6.45, 7) is 3.37. The van der Waals surface area contributed by atoms with Crippen molar-refractivity contribution in [3.8, 4) is 6.07 Å². The average Bonchev–Trinajstić information content (AvgIpc) is 2.34. The molecule has 100 valence electrons. The molecule has 0 aromatic heterocycles. The topological polar surface area (TPSA) is 107 Å². The number of nitrogens with zero attached hydrogens (tertiary/aromatic N) is 3. The van der Waals surface area contributed by atoms with Gasteiger partial charge in [0.25, 0.3) is 5.69 Å². The highest BCUT2D eigenvalue weighted by Crippen LogP contribution is 2.25. The molecule has 0 aliphatic rings. The minimum atomic E-state index is -1.01. The number of benzene rings is 1. The van der Waals surface area contributed by atoms with Crippen LogP contribution in [-0.2, 0) is 4.79 Å². The minimum absolute atomic E-state index is 0.0847. The molecule has 0 saturated carbocycles. The van der Waals surface area contributed by atoms with Gasteiger partial charge in [0.15, 0.2) is 0 Å². The van der Waals surface area contributed by atoms with E-state index in [1.54, 1.807) is 24.8 Å². The highest BCUT2D eigenvalue weighted by atomic mass is 16.6. The highest BCUT2D eigenvalue weighted by molar-refractivity contribution is 5.74. The molecule has 0 aliphatic heterocycles. The second-order valence-corrected chi connectivity index (χ2v) is 4.19. The van der Waals surface area contributed by atoms with Gasteiger partial charge < -0.3 is 10.0 Å². The zero-order valence-electron chi connectivity index (χ0n) is 10.5. The van der Waals surface area contributed by atoms with Gasteiger partial charge in [-0.3, -0.25) is 14.9 Å². The van der Waals surface area contributed by atoms with Crippen LogP contribution in [-0.4, -0.2) is 28.6 Å². The van der Waals surface area contributed by atoms with Crippen LogP contribution < -0.4 is 4.90 Å². The molecule has 1 N–H and O–H groups in total. The van der Waals surface area contributed by atoms with Gasteiger partial charge in [-0.1, -0.05) is 0 Å². The Labute approximate surface area is 109 Å². The van der Waals surface area contributed by atoms with E-state index in [0.29, 0.717) is 5.69 Å². The zero-order chi connectivity index (χ0) is 14.6. The van der Waals surface area contributed by atoms with Crippen molar-refractivity contribution in [3.05, 3.63) is 33.9 Å². The summed E-state index contributed by atoms with van der Waals surface area (Å²) in [6, 6.07) is 5.64. The van der Waals surface area contributed by atoms with E-state index in [2.05, 4.69) is 0 Å². The highest BCUT2D eigenvalue weighted by Gasteiger charge is 2.19.